The molecule has 0 bridgehead atoms. The Hall–Kier alpha value is -2.47. The van der Waals surface area contributed by atoms with Crippen molar-refractivity contribution < 1.29 is 13.2 Å². The minimum atomic E-state index is -3.76. The molecule has 2 aromatic carbocycles. The Morgan fingerprint density at radius 3 is 2.57 bits per heavy atom. The fourth-order valence-electron chi connectivity index (χ4n) is 2.68. The first-order chi connectivity index (χ1) is 14.3. The fourth-order valence-corrected chi connectivity index (χ4v) is 4.75. The van der Waals surface area contributed by atoms with Crippen LogP contribution in [0, 0.1) is 6.92 Å². The minimum Gasteiger partial charge on any atom is -0.330 e. The second-order valence-electron chi connectivity index (χ2n) is 6.37. The predicted octanol–water partition coefficient (Wildman–Crippen LogP) is 3.53. The fraction of sp³-hybridized carbons (Fsp3) is 0.211. The molecule has 1 amide bonds. The van der Waals surface area contributed by atoms with Crippen molar-refractivity contribution in [2.24, 2.45) is 5.14 Å². The van der Waals surface area contributed by atoms with Gasteiger partial charge in [0, 0.05) is 11.4 Å². The van der Waals surface area contributed by atoms with Crippen LogP contribution in [0.25, 0.3) is 0 Å². The summed E-state index contributed by atoms with van der Waals surface area (Å²) in [5.41, 5.74) is 3.85. The van der Waals surface area contributed by atoms with Gasteiger partial charge in [0.1, 0.15) is 0 Å². The molecule has 8 nitrogen and oxygen atoms in total. The average molecular weight is 464 g/mol. The lowest BCUT2D eigenvalue weighted by atomic mass is 10.1. The zero-order valence-corrected chi connectivity index (χ0v) is 18.8. The number of sulfonamides is 1. The van der Waals surface area contributed by atoms with E-state index in [0.717, 1.165) is 17.7 Å². The lowest BCUT2D eigenvalue weighted by Gasteiger charge is -2.11. The van der Waals surface area contributed by atoms with Gasteiger partial charge in [-0.3, -0.25) is 4.79 Å². The van der Waals surface area contributed by atoms with Crippen molar-refractivity contribution in [3.63, 3.8) is 0 Å². The van der Waals surface area contributed by atoms with E-state index in [0.29, 0.717) is 15.2 Å². The molecule has 1 aromatic heterocycles. The predicted molar refractivity (Wildman–Crippen MR) is 121 cm³/mol. The van der Waals surface area contributed by atoms with Gasteiger partial charge in [0.15, 0.2) is 4.34 Å². The SMILES string of the molecule is CCc1cccc(C)c1Nc1nnc(SCC(=O)Nc2ccc(S(N)(=O)=O)cc2)s1. The van der Waals surface area contributed by atoms with Crippen molar-refractivity contribution in [1.29, 1.82) is 0 Å². The van der Waals surface area contributed by atoms with Crippen LogP contribution in [0.2, 0.25) is 0 Å². The summed E-state index contributed by atoms with van der Waals surface area (Å²) in [6.45, 7) is 4.14. The van der Waals surface area contributed by atoms with Crippen LogP contribution in [0.5, 0.6) is 0 Å². The van der Waals surface area contributed by atoms with Crippen molar-refractivity contribution in [1.82, 2.24) is 10.2 Å². The van der Waals surface area contributed by atoms with Gasteiger partial charge >= 0.3 is 0 Å². The molecule has 3 aromatic rings. The third-order valence-corrected chi connectivity index (χ3v) is 7.07. The van der Waals surface area contributed by atoms with Gasteiger partial charge in [-0.05, 0) is 48.7 Å². The summed E-state index contributed by atoms with van der Waals surface area (Å²) in [6, 6.07) is 11.8. The number of rotatable bonds is 8. The minimum absolute atomic E-state index is 0.0105. The van der Waals surface area contributed by atoms with Crippen molar-refractivity contribution in [3.8, 4) is 0 Å². The van der Waals surface area contributed by atoms with Crippen LogP contribution in [-0.4, -0.2) is 30.3 Å². The van der Waals surface area contributed by atoms with E-state index >= 15 is 0 Å². The smallest absolute Gasteiger partial charge is 0.238 e. The molecular weight excluding hydrogens is 442 g/mol. The van der Waals surface area contributed by atoms with E-state index in [1.54, 1.807) is 0 Å². The largest absolute Gasteiger partial charge is 0.330 e. The van der Waals surface area contributed by atoms with Crippen LogP contribution in [0.4, 0.5) is 16.5 Å². The number of anilines is 3. The second kappa shape index (κ2) is 9.56. The van der Waals surface area contributed by atoms with E-state index < -0.39 is 10.0 Å². The second-order valence-corrected chi connectivity index (χ2v) is 10.1. The van der Waals surface area contributed by atoms with Crippen LogP contribution in [-0.2, 0) is 21.2 Å². The van der Waals surface area contributed by atoms with Crippen molar-refractivity contribution in [2.45, 2.75) is 29.5 Å². The Labute approximate surface area is 183 Å². The van der Waals surface area contributed by atoms with Crippen molar-refractivity contribution in [3.05, 3.63) is 53.6 Å². The first-order valence-corrected chi connectivity index (χ1v) is 12.4. The third-order valence-electron chi connectivity index (χ3n) is 4.17. The number of para-hydroxylation sites is 1. The third kappa shape index (κ3) is 5.79. The highest BCUT2D eigenvalue weighted by molar-refractivity contribution is 8.01. The molecule has 0 fully saturated rings. The Balaban J connectivity index is 1.56. The molecule has 4 N–H and O–H groups in total. The molecule has 11 heteroatoms. The number of carbonyl (C=O) groups is 1. The zero-order valence-electron chi connectivity index (χ0n) is 16.4. The van der Waals surface area contributed by atoms with E-state index in [-0.39, 0.29) is 16.6 Å². The summed E-state index contributed by atoms with van der Waals surface area (Å²) < 4.78 is 23.2. The lowest BCUT2D eigenvalue weighted by Crippen LogP contribution is -2.15. The summed E-state index contributed by atoms with van der Waals surface area (Å²) in [5.74, 6) is -0.0869. The molecule has 30 heavy (non-hydrogen) atoms. The number of hydrogen-bond donors (Lipinski definition) is 3. The molecular formula is C19H21N5O3S3. The summed E-state index contributed by atoms with van der Waals surface area (Å²) in [4.78, 5) is 12.1. The van der Waals surface area contributed by atoms with Gasteiger partial charge in [-0.25, -0.2) is 13.6 Å². The normalized spacial score (nSPS) is 11.3. The molecule has 1 heterocycles. The molecule has 3 rings (SSSR count). The Kier molecular flexibility index (Phi) is 7.08. The molecule has 0 radical (unpaired) electrons. The number of nitrogens with two attached hydrogens (primary N) is 1. The number of amides is 1. The lowest BCUT2D eigenvalue weighted by molar-refractivity contribution is -0.113. The summed E-state index contributed by atoms with van der Waals surface area (Å²) in [7, 11) is -3.76. The first kappa shape index (κ1) is 22.2. The van der Waals surface area contributed by atoms with Gasteiger partial charge in [0.05, 0.1) is 10.6 Å². The quantitative estimate of drug-likeness (QED) is 0.436. The highest BCUT2D eigenvalue weighted by atomic mass is 32.2. The molecule has 0 aliphatic heterocycles. The van der Waals surface area contributed by atoms with Crippen molar-refractivity contribution >= 4 is 55.5 Å². The Morgan fingerprint density at radius 2 is 1.90 bits per heavy atom. The number of nitrogens with zero attached hydrogens (tertiary/aromatic N) is 2. The van der Waals surface area contributed by atoms with E-state index in [4.69, 9.17) is 5.14 Å². The highest BCUT2D eigenvalue weighted by Gasteiger charge is 2.12. The maximum Gasteiger partial charge on any atom is 0.238 e. The van der Waals surface area contributed by atoms with Gasteiger partial charge in [0.25, 0.3) is 0 Å². The molecule has 0 aliphatic carbocycles. The van der Waals surface area contributed by atoms with E-state index in [1.165, 1.54) is 52.9 Å². The maximum atomic E-state index is 12.2. The highest BCUT2D eigenvalue weighted by Crippen LogP contribution is 2.30. The van der Waals surface area contributed by atoms with Crippen molar-refractivity contribution in [2.75, 3.05) is 16.4 Å². The zero-order chi connectivity index (χ0) is 21.7. The molecule has 0 saturated carbocycles. The molecule has 0 spiro atoms. The standard InChI is InChI=1S/C19H21N5O3S3/c1-3-13-6-4-5-12(2)17(13)22-18-23-24-19(29-18)28-11-16(25)21-14-7-9-15(10-8-14)30(20,26)27/h4-10H,3,11H2,1-2H3,(H,21,25)(H,22,23)(H2,20,26,27). The van der Waals surface area contributed by atoms with Gasteiger partial charge in [-0.1, -0.05) is 48.2 Å². The van der Waals surface area contributed by atoms with Gasteiger partial charge in [-0.2, -0.15) is 0 Å². The molecule has 0 saturated heterocycles. The van der Waals surface area contributed by atoms with E-state index in [1.807, 2.05) is 19.1 Å². The first-order valence-electron chi connectivity index (χ1n) is 9.01. The molecule has 0 unspecified atom stereocenters. The summed E-state index contributed by atoms with van der Waals surface area (Å²) >= 11 is 2.66. The van der Waals surface area contributed by atoms with Crippen LogP contribution < -0.4 is 15.8 Å². The molecule has 158 valence electrons. The molecule has 0 aliphatic rings. The van der Waals surface area contributed by atoms with Gasteiger partial charge < -0.3 is 10.6 Å². The number of primary sulfonamides is 1. The van der Waals surface area contributed by atoms with Crippen LogP contribution >= 0.6 is 23.1 Å². The molecule has 0 atom stereocenters. The number of aryl methyl sites for hydroxylation is 2. The maximum absolute atomic E-state index is 12.2. The topological polar surface area (TPSA) is 127 Å². The monoisotopic (exact) mass is 463 g/mol. The number of thioether (sulfide) groups is 1. The summed E-state index contributed by atoms with van der Waals surface area (Å²) in [5, 5.41) is 20.0. The number of benzene rings is 2. The number of aromatic nitrogens is 2. The van der Waals surface area contributed by atoms with E-state index in [2.05, 4.69) is 33.8 Å². The Morgan fingerprint density at radius 1 is 1.17 bits per heavy atom. The number of nitrogens with one attached hydrogen (secondary N) is 2. The van der Waals surface area contributed by atoms with Crippen LogP contribution in [0.3, 0.4) is 0 Å². The van der Waals surface area contributed by atoms with Crippen LogP contribution in [0.15, 0.2) is 51.7 Å². The Bertz CT molecular complexity index is 1140. The number of hydrogen-bond acceptors (Lipinski definition) is 8. The summed E-state index contributed by atoms with van der Waals surface area (Å²) in [6.07, 6.45) is 0.906. The van der Waals surface area contributed by atoms with Gasteiger partial charge in [0.2, 0.25) is 21.1 Å². The number of carbonyl (C=O) groups excluding carboxylic acids is 1. The van der Waals surface area contributed by atoms with Crippen LogP contribution in [0.1, 0.15) is 18.1 Å². The van der Waals surface area contributed by atoms with E-state index in [9.17, 15) is 13.2 Å². The van der Waals surface area contributed by atoms with Gasteiger partial charge in [-0.15, -0.1) is 10.2 Å². The average Bonchev–Trinajstić information content (AvgIpc) is 3.15.